The minimum Gasteiger partial charge on any atom is -0.264 e. The van der Waals surface area contributed by atoms with Gasteiger partial charge in [0.25, 0.3) is 0 Å². The Morgan fingerprint density at radius 1 is 1.24 bits per heavy atom. The third kappa shape index (κ3) is 4.86. The van der Waals surface area contributed by atoms with E-state index >= 15 is 0 Å². The van der Waals surface area contributed by atoms with Crippen LogP contribution < -0.4 is 0 Å². The smallest absolute Gasteiger partial charge is 0.264 e. The summed E-state index contributed by atoms with van der Waals surface area (Å²) >= 11 is 0. The molecule has 1 aromatic rings. The van der Waals surface area contributed by atoms with Crippen molar-refractivity contribution < 1.29 is 21.4 Å². The summed E-state index contributed by atoms with van der Waals surface area (Å²) in [5.74, 6) is 3.49. The molecule has 0 bridgehead atoms. The van der Waals surface area contributed by atoms with Crippen LogP contribution in [0.4, 0.5) is 0 Å². The molecule has 17 heavy (non-hydrogen) atoms. The van der Waals surface area contributed by atoms with Crippen molar-refractivity contribution in [3.05, 3.63) is 29.8 Å². The van der Waals surface area contributed by atoms with Crippen molar-refractivity contribution in [2.75, 3.05) is 12.4 Å². The summed E-state index contributed by atoms with van der Waals surface area (Å²) in [6.45, 7) is 1.53. The molecule has 0 aliphatic carbocycles. The number of hydrogen-bond acceptors (Lipinski definition) is 4. The zero-order valence-corrected chi connectivity index (χ0v) is 11.0. The first-order valence-corrected chi connectivity index (χ1v) is 8.00. The molecule has 0 fully saturated rings. The molecule has 0 heterocycles. The minimum atomic E-state index is -4.49. The van der Waals surface area contributed by atoms with Gasteiger partial charge in [0.15, 0.2) is 0 Å². The van der Waals surface area contributed by atoms with Gasteiger partial charge in [-0.15, -0.1) is 0 Å². The summed E-state index contributed by atoms with van der Waals surface area (Å²) in [6, 6.07) is 6.95. The maximum Gasteiger partial charge on any atom is 0.397 e. The zero-order valence-electron chi connectivity index (χ0n) is 9.33. The Morgan fingerprint density at radius 3 is 2.24 bits per heavy atom. The topological polar surface area (TPSA) is 80.7 Å². The Morgan fingerprint density at radius 2 is 1.76 bits per heavy atom. The molecule has 7 heteroatoms. The Labute approximate surface area is 101 Å². The summed E-state index contributed by atoms with van der Waals surface area (Å²) in [7, 11) is -7.09. The highest BCUT2D eigenvalue weighted by Crippen LogP contribution is 2.12. The van der Waals surface area contributed by atoms with Gasteiger partial charge in [0, 0.05) is 10.6 Å². The molecular weight excluding hydrogens is 264 g/mol. The van der Waals surface area contributed by atoms with Gasteiger partial charge >= 0.3 is 10.4 Å². The summed E-state index contributed by atoms with van der Waals surface area (Å²) in [6.07, 6.45) is 0. The van der Waals surface area contributed by atoms with Crippen molar-refractivity contribution in [1.29, 1.82) is 0 Å². The van der Waals surface area contributed by atoms with Crippen LogP contribution in [0.2, 0.25) is 0 Å². The number of hydrogen-bond donors (Lipinski definition) is 1. The highest BCUT2D eigenvalue weighted by Gasteiger charge is 2.10. The fourth-order valence-electron chi connectivity index (χ4n) is 1.18. The van der Waals surface area contributed by atoms with Gasteiger partial charge in [-0.05, 0) is 34.4 Å². The van der Waals surface area contributed by atoms with Crippen LogP contribution in [0.5, 0.6) is 0 Å². The molecule has 5 nitrogen and oxygen atoms in total. The SMILES string of the molecule is C=S(=O)(CCOS(=O)(=O)O)c1ccc(C)cc1. The Balaban J connectivity index is 2.73. The van der Waals surface area contributed by atoms with Gasteiger partial charge in [-0.25, -0.2) is 4.18 Å². The molecule has 1 unspecified atom stereocenters. The number of benzene rings is 1. The summed E-state index contributed by atoms with van der Waals surface area (Å²) in [4.78, 5) is 0.530. The second kappa shape index (κ2) is 5.18. The molecule has 1 rings (SSSR count). The molecule has 0 aromatic heterocycles. The van der Waals surface area contributed by atoms with Crippen molar-refractivity contribution in [3.63, 3.8) is 0 Å². The van der Waals surface area contributed by atoms with E-state index in [2.05, 4.69) is 10.1 Å². The van der Waals surface area contributed by atoms with Gasteiger partial charge in [-0.2, -0.15) is 8.42 Å². The molecule has 0 saturated heterocycles. The fourth-order valence-corrected chi connectivity index (χ4v) is 2.80. The van der Waals surface area contributed by atoms with Crippen molar-refractivity contribution >= 4 is 25.8 Å². The first-order valence-electron chi connectivity index (χ1n) is 4.74. The second-order valence-corrected chi connectivity index (χ2v) is 7.17. The molecular formula is C10H14O5S2. The van der Waals surface area contributed by atoms with Gasteiger partial charge < -0.3 is 0 Å². The van der Waals surface area contributed by atoms with E-state index in [9.17, 15) is 12.6 Å². The standard InChI is InChI=1S/C10H14O5S2/c1-9-3-5-10(6-4-9)16(2,11)8-7-15-17(12,13)14/h3-6H,2,7-8H2,1H3,(H,12,13,14). The van der Waals surface area contributed by atoms with Crippen LogP contribution in [0.1, 0.15) is 5.56 Å². The molecule has 0 aliphatic rings. The van der Waals surface area contributed by atoms with Gasteiger partial charge in [0.1, 0.15) is 0 Å². The van der Waals surface area contributed by atoms with E-state index < -0.39 is 19.9 Å². The predicted molar refractivity (Wildman–Crippen MR) is 67.1 cm³/mol. The third-order valence-electron chi connectivity index (χ3n) is 2.10. The van der Waals surface area contributed by atoms with Crippen molar-refractivity contribution in [2.24, 2.45) is 0 Å². The van der Waals surface area contributed by atoms with Gasteiger partial charge in [-0.3, -0.25) is 8.76 Å². The Kier molecular flexibility index (Phi) is 4.31. The van der Waals surface area contributed by atoms with Crippen LogP contribution in [0.3, 0.4) is 0 Å². The van der Waals surface area contributed by atoms with E-state index in [1.54, 1.807) is 24.3 Å². The summed E-state index contributed by atoms with van der Waals surface area (Å²) in [5.41, 5.74) is 1.03. The molecule has 0 aliphatic heterocycles. The van der Waals surface area contributed by atoms with E-state index in [4.69, 9.17) is 4.55 Å². The molecule has 0 amide bonds. The lowest BCUT2D eigenvalue weighted by atomic mass is 10.2. The van der Waals surface area contributed by atoms with E-state index in [-0.39, 0.29) is 12.4 Å². The van der Waals surface area contributed by atoms with Crippen LogP contribution in [0.15, 0.2) is 29.2 Å². The van der Waals surface area contributed by atoms with Crippen LogP contribution >= 0.6 is 0 Å². The third-order valence-corrected chi connectivity index (χ3v) is 4.52. The molecule has 96 valence electrons. The lowest BCUT2D eigenvalue weighted by Gasteiger charge is -2.09. The van der Waals surface area contributed by atoms with Crippen molar-refractivity contribution in [3.8, 4) is 0 Å². The first-order chi connectivity index (χ1) is 7.71. The Hall–Kier alpha value is -0.890. The quantitative estimate of drug-likeness (QED) is 0.639. The van der Waals surface area contributed by atoms with Crippen LogP contribution in [-0.2, 0) is 24.1 Å². The monoisotopic (exact) mass is 278 g/mol. The molecule has 0 radical (unpaired) electrons. The van der Waals surface area contributed by atoms with Crippen LogP contribution in [0.25, 0.3) is 0 Å². The lowest BCUT2D eigenvalue weighted by molar-refractivity contribution is 0.284. The first kappa shape index (κ1) is 14.2. The van der Waals surface area contributed by atoms with Crippen molar-refractivity contribution in [1.82, 2.24) is 0 Å². The molecule has 1 atom stereocenters. The van der Waals surface area contributed by atoms with Gasteiger partial charge in [0.05, 0.1) is 6.61 Å². The van der Waals surface area contributed by atoms with Crippen LogP contribution in [-0.4, -0.2) is 35.4 Å². The normalized spacial score (nSPS) is 15.4. The molecule has 0 spiro atoms. The number of rotatable bonds is 5. The Bertz CT molecular complexity index is 570. The minimum absolute atomic E-state index is 0.0736. The average Bonchev–Trinajstić information content (AvgIpc) is 2.15. The lowest BCUT2D eigenvalue weighted by Crippen LogP contribution is -2.15. The zero-order chi connectivity index (χ0) is 13.1. The van der Waals surface area contributed by atoms with E-state index in [0.29, 0.717) is 4.90 Å². The van der Waals surface area contributed by atoms with Crippen molar-refractivity contribution in [2.45, 2.75) is 11.8 Å². The average molecular weight is 278 g/mol. The highest BCUT2D eigenvalue weighted by atomic mass is 32.3. The van der Waals surface area contributed by atoms with Crippen LogP contribution in [0, 0.1) is 6.92 Å². The van der Waals surface area contributed by atoms with E-state index in [1.165, 1.54) is 0 Å². The summed E-state index contributed by atoms with van der Waals surface area (Å²) in [5, 5.41) is 0. The summed E-state index contributed by atoms with van der Waals surface area (Å²) < 4.78 is 45.2. The van der Waals surface area contributed by atoms with Gasteiger partial charge in [-0.1, -0.05) is 17.7 Å². The number of aryl methyl sites for hydroxylation is 1. The maximum atomic E-state index is 12.1. The predicted octanol–water partition coefficient (Wildman–Crippen LogP) is 0.890. The van der Waals surface area contributed by atoms with E-state index in [0.717, 1.165) is 5.56 Å². The second-order valence-electron chi connectivity index (χ2n) is 3.58. The maximum absolute atomic E-state index is 12.1. The molecule has 1 N–H and O–H groups in total. The molecule has 1 aromatic carbocycles. The largest absolute Gasteiger partial charge is 0.397 e. The van der Waals surface area contributed by atoms with E-state index in [1.807, 2.05) is 6.92 Å². The fraction of sp³-hybridized carbons (Fsp3) is 0.300. The molecule has 0 saturated carbocycles. The highest BCUT2D eigenvalue weighted by molar-refractivity contribution is 8.00. The van der Waals surface area contributed by atoms with Gasteiger partial charge in [0.2, 0.25) is 0 Å².